The van der Waals surface area contributed by atoms with Crippen LogP contribution < -0.4 is 10.1 Å². The van der Waals surface area contributed by atoms with Gasteiger partial charge in [-0.1, -0.05) is 29.8 Å². The number of hydrogen-bond acceptors (Lipinski definition) is 4. The summed E-state index contributed by atoms with van der Waals surface area (Å²) in [5.41, 5.74) is 3.96. The molecule has 1 aliphatic heterocycles. The van der Waals surface area contributed by atoms with Crippen LogP contribution in [0, 0.1) is 0 Å². The summed E-state index contributed by atoms with van der Waals surface area (Å²) in [6.45, 7) is 2.27. The highest BCUT2D eigenvalue weighted by molar-refractivity contribution is 6.35. The maximum absolute atomic E-state index is 6.17. The molecule has 24 heavy (non-hydrogen) atoms. The second kappa shape index (κ2) is 6.67. The van der Waals surface area contributed by atoms with E-state index in [9.17, 15) is 0 Å². The van der Waals surface area contributed by atoms with Crippen molar-refractivity contribution in [2.24, 2.45) is 0 Å². The third-order valence-electron chi connectivity index (χ3n) is 4.14. The fourth-order valence-corrected chi connectivity index (χ4v) is 3.09. The van der Waals surface area contributed by atoms with E-state index < -0.39 is 0 Å². The van der Waals surface area contributed by atoms with Gasteiger partial charge in [0, 0.05) is 23.6 Å². The Labute approximate surface area is 145 Å². The molecule has 0 spiro atoms. The molecule has 5 heteroatoms. The molecule has 122 valence electrons. The third kappa shape index (κ3) is 3.03. The van der Waals surface area contributed by atoms with Crippen LogP contribution in [0.25, 0.3) is 16.5 Å². The summed E-state index contributed by atoms with van der Waals surface area (Å²) in [6.07, 6.45) is 4.81. The van der Waals surface area contributed by atoms with Crippen LogP contribution in [0.3, 0.4) is 0 Å². The number of aromatic nitrogens is 1. The number of halogens is 1. The highest BCUT2D eigenvalue weighted by atomic mass is 35.5. The molecule has 0 radical (unpaired) electrons. The topological polar surface area (TPSA) is 47.3 Å². The Morgan fingerprint density at radius 3 is 3.04 bits per heavy atom. The van der Waals surface area contributed by atoms with E-state index in [1.54, 1.807) is 6.26 Å². The second-order valence-electron chi connectivity index (χ2n) is 5.70. The molecule has 4 nitrogen and oxygen atoms in total. The van der Waals surface area contributed by atoms with Gasteiger partial charge in [0.15, 0.2) is 0 Å². The predicted molar refractivity (Wildman–Crippen MR) is 95.3 cm³/mol. The van der Waals surface area contributed by atoms with E-state index in [-0.39, 0.29) is 0 Å². The Balaban J connectivity index is 1.54. The van der Waals surface area contributed by atoms with Gasteiger partial charge in [-0.05, 0) is 36.7 Å². The minimum Gasteiger partial charge on any atom is -0.473 e. The average Bonchev–Trinajstić information content (AvgIpc) is 3.13. The van der Waals surface area contributed by atoms with Crippen molar-refractivity contribution in [1.82, 2.24) is 10.3 Å². The highest BCUT2D eigenvalue weighted by Gasteiger charge is 2.11. The van der Waals surface area contributed by atoms with Gasteiger partial charge in [0.05, 0.1) is 17.0 Å². The number of furan rings is 1. The Morgan fingerprint density at radius 2 is 2.17 bits per heavy atom. The standard InChI is InChI=1S/C19H17ClN2O2/c20-16-5-4-14(19-15(16)8-11-23-19)12-24-18-3-1-2-17(22-18)13-6-9-21-10-7-13/h1-6,8,11,21H,7,9-10,12H2. The van der Waals surface area contributed by atoms with Crippen molar-refractivity contribution >= 4 is 28.1 Å². The lowest BCUT2D eigenvalue weighted by atomic mass is 10.1. The first-order valence-electron chi connectivity index (χ1n) is 7.96. The van der Waals surface area contributed by atoms with Gasteiger partial charge in [-0.2, -0.15) is 0 Å². The zero-order valence-corrected chi connectivity index (χ0v) is 13.8. The number of rotatable bonds is 4. The minimum absolute atomic E-state index is 0.387. The predicted octanol–water partition coefficient (Wildman–Crippen LogP) is 4.44. The van der Waals surface area contributed by atoms with E-state index in [0.717, 1.165) is 41.7 Å². The van der Waals surface area contributed by atoms with Crippen molar-refractivity contribution in [2.75, 3.05) is 13.1 Å². The van der Waals surface area contributed by atoms with Crippen molar-refractivity contribution in [1.29, 1.82) is 0 Å². The first-order valence-corrected chi connectivity index (χ1v) is 8.33. The molecule has 2 aromatic heterocycles. The molecule has 0 amide bonds. The van der Waals surface area contributed by atoms with E-state index in [0.29, 0.717) is 17.5 Å². The lowest BCUT2D eigenvalue weighted by molar-refractivity contribution is 0.293. The Bertz CT molecular complexity index is 901. The van der Waals surface area contributed by atoms with Gasteiger partial charge < -0.3 is 14.5 Å². The molecule has 0 atom stereocenters. The monoisotopic (exact) mass is 340 g/mol. The average molecular weight is 341 g/mol. The fraction of sp³-hybridized carbons (Fsp3) is 0.211. The number of hydrogen-bond donors (Lipinski definition) is 1. The van der Waals surface area contributed by atoms with Crippen LogP contribution in [-0.2, 0) is 6.61 Å². The second-order valence-corrected chi connectivity index (χ2v) is 6.11. The van der Waals surface area contributed by atoms with Crippen LogP contribution in [-0.4, -0.2) is 18.1 Å². The zero-order chi connectivity index (χ0) is 16.4. The number of nitrogens with one attached hydrogen (secondary N) is 1. The van der Waals surface area contributed by atoms with Crippen molar-refractivity contribution in [3.63, 3.8) is 0 Å². The lowest BCUT2D eigenvalue weighted by Gasteiger charge is -2.14. The van der Waals surface area contributed by atoms with Crippen LogP contribution in [0.5, 0.6) is 5.88 Å². The molecule has 1 aliphatic rings. The maximum atomic E-state index is 6.17. The fourth-order valence-electron chi connectivity index (χ4n) is 2.88. The largest absolute Gasteiger partial charge is 0.473 e. The number of pyridine rings is 1. The van der Waals surface area contributed by atoms with Crippen molar-refractivity contribution in [3.8, 4) is 5.88 Å². The van der Waals surface area contributed by atoms with E-state index in [1.165, 1.54) is 5.57 Å². The first kappa shape index (κ1) is 15.2. The molecule has 4 rings (SSSR count). The van der Waals surface area contributed by atoms with Crippen molar-refractivity contribution in [3.05, 3.63) is 65.0 Å². The summed E-state index contributed by atoms with van der Waals surface area (Å²) >= 11 is 6.17. The quantitative estimate of drug-likeness (QED) is 0.763. The smallest absolute Gasteiger partial charge is 0.214 e. The van der Waals surface area contributed by atoms with Crippen LogP contribution >= 0.6 is 11.6 Å². The first-order chi connectivity index (χ1) is 11.8. The minimum atomic E-state index is 0.387. The molecular formula is C19H17ClN2O2. The van der Waals surface area contributed by atoms with Crippen LogP contribution in [0.15, 0.2) is 53.2 Å². The molecule has 3 aromatic rings. The summed E-state index contributed by atoms with van der Waals surface area (Å²) < 4.78 is 11.4. The lowest BCUT2D eigenvalue weighted by Crippen LogP contribution is -2.20. The molecule has 0 saturated carbocycles. The maximum Gasteiger partial charge on any atom is 0.214 e. The van der Waals surface area contributed by atoms with E-state index in [2.05, 4.69) is 16.4 Å². The molecule has 0 aliphatic carbocycles. The van der Waals surface area contributed by atoms with Crippen LogP contribution in [0.1, 0.15) is 17.7 Å². The van der Waals surface area contributed by atoms with Crippen LogP contribution in [0.2, 0.25) is 5.02 Å². The van der Waals surface area contributed by atoms with Gasteiger partial charge >= 0.3 is 0 Å². The normalized spacial score (nSPS) is 14.6. The number of fused-ring (bicyclic) bond motifs is 1. The number of benzene rings is 1. The zero-order valence-electron chi connectivity index (χ0n) is 13.1. The SMILES string of the molecule is Clc1ccc(COc2cccc(C3=CCNCC3)n2)c2occc12. The van der Waals surface area contributed by atoms with Gasteiger partial charge in [-0.3, -0.25) is 0 Å². The summed E-state index contributed by atoms with van der Waals surface area (Å²) in [5.74, 6) is 0.613. The third-order valence-corrected chi connectivity index (χ3v) is 4.47. The van der Waals surface area contributed by atoms with E-state index in [1.807, 2.05) is 36.4 Å². The van der Waals surface area contributed by atoms with Gasteiger partial charge in [0.25, 0.3) is 0 Å². The van der Waals surface area contributed by atoms with Crippen LogP contribution in [0.4, 0.5) is 0 Å². The summed E-state index contributed by atoms with van der Waals surface area (Å²) in [7, 11) is 0. The van der Waals surface area contributed by atoms with Gasteiger partial charge in [0.2, 0.25) is 5.88 Å². The Kier molecular flexibility index (Phi) is 4.24. The summed E-state index contributed by atoms with van der Waals surface area (Å²) in [5, 5.41) is 4.89. The molecule has 1 N–H and O–H groups in total. The van der Waals surface area contributed by atoms with Gasteiger partial charge in [-0.25, -0.2) is 4.98 Å². The van der Waals surface area contributed by atoms with Crippen molar-refractivity contribution in [2.45, 2.75) is 13.0 Å². The van der Waals surface area contributed by atoms with E-state index >= 15 is 0 Å². The Morgan fingerprint density at radius 1 is 1.21 bits per heavy atom. The van der Waals surface area contributed by atoms with Gasteiger partial charge in [-0.15, -0.1) is 0 Å². The molecule has 0 unspecified atom stereocenters. The van der Waals surface area contributed by atoms with E-state index in [4.69, 9.17) is 20.8 Å². The molecule has 0 fully saturated rings. The Hall–Kier alpha value is -2.30. The molecule has 0 bridgehead atoms. The molecule has 3 heterocycles. The summed E-state index contributed by atoms with van der Waals surface area (Å²) in [6, 6.07) is 11.5. The highest BCUT2D eigenvalue weighted by Crippen LogP contribution is 2.28. The number of nitrogens with zero attached hydrogens (tertiary/aromatic N) is 1. The van der Waals surface area contributed by atoms with Crippen molar-refractivity contribution < 1.29 is 9.15 Å². The summed E-state index contributed by atoms with van der Waals surface area (Å²) in [4.78, 5) is 4.62. The van der Waals surface area contributed by atoms with Gasteiger partial charge in [0.1, 0.15) is 12.2 Å². The molecule has 0 saturated heterocycles. The molecular weight excluding hydrogens is 324 g/mol. The number of ether oxygens (including phenoxy) is 1. The molecule has 1 aromatic carbocycles.